The van der Waals surface area contributed by atoms with E-state index in [0.717, 1.165) is 0 Å². The lowest BCUT2D eigenvalue weighted by molar-refractivity contribution is -0.384. The van der Waals surface area contributed by atoms with Gasteiger partial charge in [-0.15, -0.1) is 11.8 Å². The fourth-order valence-corrected chi connectivity index (χ4v) is 1.82. The van der Waals surface area contributed by atoms with Crippen LogP contribution in [0.2, 0.25) is 0 Å². The average Bonchev–Trinajstić information content (AvgIpc) is 2.37. The summed E-state index contributed by atoms with van der Waals surface area (Å²) in [6.45, 7) is 0.305. The predicted octanol–water partition coefficient (Wildman–Crippen LogP) is 1.14. The fourth-order valence-electron chi connectivity index (χ4n) is 1.26. The standard InChI is InChI=1S/C11H12N2O5S/c14-10(15)7-19-5-4-12-11(16)8-2-1-3-9(6-8)13(17)18/h1-3,6H,4-5,7H2,(H,12,16)(H,14,15). The van der Waals surface area contributed by atoms with Crippen molar-refractivity contribution in [3.8, 4) is 0 Å². The number of carbonyl (C=O) groups is 2. The molecule has 0 bridgehead atoms. The lowest BCUT2D eigenvalue weighted by Crippen LogP contribution is -2.26. The molecule has 0 spiro atoms. The molecule has 0 atom stereocenters. The lowest BCUT2D eigenvalue weighted by atomic mass is 10.2. The number of nitro benzene ring substituents is 1. The number of nitrogens with one attached hydrogen (secondary N) is 1. The highest BCUT2D eigenvalue weighted by molar-refractivity contribution is 7.99. The molecule has 0 radical (unpaired) electrons. The quantitative estimate of drug-likeness (QED) is 0.441. The van der Waals surface area contributed by atoms with E-state index in [9.17, 15) is 19.7 Å². The number of carboxylic acids is 1. The average molecular weight is 284 g/mol. The number of hydrogen-bond acceptors (Lipinski definition) is 5. The van der Waals surface area contributed by atoms with E-state index in [1.165, 1.54) is 36.0 Å². The van der Waals surface area contributed by atoms with Crippen molar-refractivity contribution in [2.45, 2.75) is 0 Å². The summed E-state index contributed by atoms with van der Waals surface area (Å²) in [5.74, 6) is -0.880. The van der Waals surface area contributed by atoms with Crippen LogP contribution in [0.5, 0.6) is 0 Å². The van der Waals surface area contributed by atoms with Crippen LogP contribution in [0.25, 0.3) is 0 Å². The Hall–Kier alpha value is -2.09. The van der Waals surface area contributed by atoms with Gasteiger partial charge in [-0.1, -0.05) is 6.07 Å². The number of nitrogens with zero attached hydrogens (tertiary/aromatic N) is 1. The lowest BCUT2D eigenvalue weighted by Gasteiger charge is -2.04. The van der Waals surface area contributed by atoms with Gasteiger partial charge in [0.15, 0.2) is 0 Å². The smallest absolute Gasteiger partial charge is 0.313 e. The highest BCUT2D eigenvalue weighted by atomic mass is 32.2. The van der Waals surface area contributed by atoms with E-state index < -0.39 is 16.8 Å². The zero-order chi connectivity index (χ0) is 14.3. The number of carbonyl (C=O) groups excluding carboxylic acids is 1. The second-order valence-corrected chi connectivity index (χ2v) is 4.61. The number of thioether (sulfide) groups is 1. The molecule has 0 fully saturated rings. The summed E-state index contributed by atoms with van der Waals surface area (Å²) in [6, 6.07) is 5.41. The molecular formula is C11H12N2O5S. The minimum Gasteiger partial charge on any atom is -0.481 e. The number of nitro groups is 1. The van der Waals surface area contributed by atoms with Crippen LogP contribution in [-0.4, -0.2) is 40.0 Å². The van der Waals surface area contributed by atoms with Crippen LogP contribution in [0.3, 0.4) is 0 Å². The highest BCUT2D eigenvalue weighted by Crippen LogP contribution is 2.12. The summed E-state index contributed by atoms with van der Waals surface area (Å²) < 4.78 is 0. The molecule has 0 heterocycles. The van der Waals surface area contributed by atoms with Crippen LogP contribution >= 0.6 is 11.8 Å². The van der Waals surface area contributed by atoms with Crippen LogP contribution in [-0.2, 0) is 4.79 Å². The Balaban J connectivity index is 2.43. The third-order valence-electron chi connectivity index (χ3n) is 2.08. The van der Waals surface area contributed by atoms with Gasteiger partial charge in [0.1, 0.15) is 0 Å². The molecule has 1 amide bonds. The minimum atomic E-state index is -0.907. The molecule has 8 heteroatoms. The topological polar surface area (TPSA) is 110 Å². The van der Waals surface area contributed by atoms with Crippen molar-refractivity contribution in [3.05, 3.63) is 39.9 Å². The molecule has 1 aromatic rings. The van der Waals surface area contributed by atoms with Crippen molar-refractivity contribution >= 4 is 29.3 Å². The summed E-state index contributed by atoms with van der Waals surface area (Å²) in [5, 5.41) is 21.5. The SMILES string of the molecule is O=C(O)CSCCNC(=O)c1cccc([N+](=O)[O-])c1. The molecule has 2 N–H and O–H groups in total. The van der Waals surface area contributed by atoms with E-state index >= 15 is 0 Å². The number of hydrogen-bond donors (Lipinski definition) is 2. The maximum absolute atomic E-state index is 11.7. The third kappa shape index (κ3) is 5.38. The Kier molecular flexibility index (Phi) is 5.80. The Morgan fingerprint density at radius 2 is 2.16 bits per heavy atom. The number of non-ortho nitro benzene ring substituents is 1. The molecule has 19 heavy (non-hydrogen) atoms. The first-order chi connectivity index (χ1) is 9.00. The Morgan fingerprint density at radius 3 is 2.79 bits per heavy atom. The highest BCUT2D eigenvalue weighted by Gasteiger charge is 2.10. The first-order valence-electron chi connectivity index (χ1n) is 5.33. The molecular weight excluding hydrogens is 272 g/mol. The summed E-state index contributed by atoms with van der Waals surface area (Å²) >= 11 is 1.18. The van der Waals surface area contributed by atoms with Gasteiger partial charge in [0.25, 0.3) is 11.6 Å². The first-order valence-corrected chi connectivity index (χ1v) is 6.48. The maximum atomic E-state index is 11.7. The second kappa shape index (κ2) is 7.37. The number of amides is 1. The van der Waals surface area contributed by atoms with Gasteiger partial charge in [-0.3, -0.25) is 19.7 Å². The van der Waals surface area contributed by atoms with Crippen molar-refractivity contribution in [3.63, 3.8) is 0 Å². The van der Waals surface area contributed by atoms with E-state index in [1.54, 1.807) is 0 Å². The van der Waals surface area contributed by atoms with Crippen molar-refractivity contribution in [1.82, 2.24) is 5.32 Å². The van der Waals surface area contributed by atoms with Gasteiger partial charge >= 0.3 is 5.97 Å². The van der Waals surface area contributed by atoms with E-state index in [1.807, 2.05) is 0 Å². The zero-order valence-corrected chi connectivity index (χ0v) is 10.7. The summed E-state index contributed by atoms with van der Waals surface area (Å²) in [7, 11) is 0. The van der Waals surface area contributed by atoms with E-state index in [-0.39, 0.29) is 17.0 Å². The van der Waals surface area contributed by atoms with Crippen molar-refractivity contribution in [2.24, 2.45) is 0 Å². The van der Waals surface area contributed by atoms with Crippen molar-refractivity contribution in [2.75, 3.05) is 18.1 Å². The molecule has 0 saturated carbocycles. The Morgan fingerprint density at radius 1 is 1.42 bits per heavy atom. The number of carboxylic acid groups (broad SMARTS) is 1. The molecule has 0 unspecified atom stereocenters. The Labute approximate surface area is 113 Å². The van der Waals surface area contributed by atoms with Gasteiger partial charge in [0.2, 0.25) is 0 Å². The van der Waals surface area contributed by atoms with Gasteiger partial charge in [-0.25, -0.2) is 0 Å². The Bertz CT molecular complexity index is 492. The molecule has 1 aromatic carbocycles. The van der Waals surface area contributed by atoms with Crippen LogP contribution in [0.15, 0.2) is 24.3 Å². The van der Waals surface area contributed by atoms with Crippen molar-refractivity contribution in [1.29, 1.82) is 0 Å². The van der Waals surface area contributed by atoms with Crippen LogP contribution < -0.4 is 5.32 Å². The molecule has 0 aliphatic heterocycles. The van der Waals surface area contributed by atoms with E-state index in [4.69, 9.17) is 5.11 Å². The molecule has 0 aliphatic carbocycles. The maximum Gasteiger partial charge on any atom is 0.313 e. The second-order valence-electron chi connectivity index (χ2n) is 3.51. The molecule has 0 aliphatic rings. The molecule has 0 saturated heterocycles. The normalized spacial score (nSPS) is 9.89. The number of aliphatic carboxylic acids is 1. The monoisotopic (exact) mass is 284 g/mol. The predicted molar refractivity (Wildman–Crippen MR) is 70.4 cm³/mol. The first kappa shape index (κ1) is 15.0. The van der Waals surface area contributed by atoms with E-state index in [2.05, 4.69) is 5.32 Å². The van der Waals surface area contributed by atoms with Crippen molar-refractivity contribution < 1.29 is 19.6 Å². The molecule has 1 rings (SSSR count). The van der Waals surface area contributed by atoms with Crippen LogP contribution in [0, 0.1) is 10.1 Å². The van der Waals surface area contributed by atoms with Crippen LogP contribution in [0.1, 0.15) is 10.4 Å². The molecule has 102 valence electrons. The minimum absolute atomic E-state index is 0.0212. The summed E-state index contributed by atoms with van der Waals surface area (Å²) in [4.78, 5) is 31.9. The van der Waals surface area contributed by atoms with Crippen LogP contribution in [0.4, 0.5) is 5.69 Å². The fraction of sp³-hybridized carbons (Fsp3) is 0.273. The summed E-state index contributed by atoms with van der Waals surface area (Å²) in [5.41, 5.74) is 0.0605. The molecule has 0 aromatic heterocycles. The van der Waals surface area contributed by atoms with Gasteiger partial charge in [0.05, 0.1) is 10.7 Å². The van der Waals surface area contributed by atoms with Gasteiger partial charge in [0, 0.05) is 30.0 Å². The molecule has 7 nitrogen and oxygen atoms in total. The van der Waals surface area contributed by atoms with Gasteiger partial charge < -0.3 is 10.4 Å². The van der Waals surface area contributed by atoms with Gasteiger partial charge in [-0.2, -0.15) is 0 Å². The summed E-state index contributed by atoms with van der Waals surface area (Å²) in [6.07, 6.45) is 0. The third-order valence-corrected chi connectivity index (χ3v) is 3.02. The largest absolute Gasteiger partial charge is 0.481 e. The number of benzene rings is 1. The zero-order valence-electron chi connectivity index (χ0n) is 9.87. The van der Waals surface area contributed by atoms with Gasteiger partial charge in [-0.05, 0) is 6.07 Å². The number of rotatable bonds is 7. The van der Waals surface area contributed by atoms with E-state index in [0.29, 0.717) is 12.3 Å².